The summed E-state index contributed by atoms with van der Waals surface area (Å²) < 4.78 is 7.52. The average Bonchev–Trinajstić information content (AvgIpc) is 2.36. The van der Waals surface area contributed by atoms with E-state index in [9.17, 15) is 9.59 Å². The maximum atomic E-state index is 12.1. The lowest BCUT2D eigenvalue weighted by atomic mass is 10.4. The molecule has 1 heterocycles. The van der Waals surface area contributed by atoms with Gasteiger partial charge in [-0.25, -0.2) is 4.79 Å². The number of ether oxygens (including phenoxy) is 1. The summed E-state index contributed by atoms with van der Waals surface area (Å²) in [6, 6.07) is 0.737. The van der Waals surface area contributed by atoms with E-state index in [1.165, 1.54) is 0 Å². The lowest BCUT2D eigenvalue weighted by Gasteiger charge is -2.36. The normalized spacial score (nSPS) is 21.9. The largest absolute Gasteiger partial charge is 0.461 e. The second-order valence-corrected chi connectivity index (χ2v) is 15.2. The Balaban J connectivity index is 2.63. The number of nitrogens with zero attached hydrogens (tertiary/aromatic N) is 1. The summed E-state index contributed by atoms with van der Waals surface area (Å²) in [7, 11) is -3.60. The molecule has 1 fully saturated rings. The molecule has 0 spiro atoms. The molecule has 0 aromatic rings. The van der Waals surface area contributed by atoms with Crippen molar-refractivity contribution >= 4 is 27.8 Å². The van der Waals surface area contributed by atoms with Crippen LogP contribution in [0.15, 0.2) is 12.2 Å². The first-order valence-corrected chi connectivity index (χ1v) is 12.3. The fourth-order valence-electron chi connectivity index (χ4n) is 2.55. The van der Waals surface area contributed by atoms with Crippen molar-refractivity contribution in [2.45, 2.75) is 39.2 Å². The molecule has 0 aliphatic carbocycles. The van der Waals surface area contributed by atoms with Crippen LogP contribution >= 0.6 is 0 Å². The first kappa shape index (κ1) is 15.3. The van der Waals surface area contributed by atoms with E-state index in [0.29, 0.717) is 24.1 Å². The van der Waals surface area contributed by atoms with Gasteiger partial charge in [0.1, 0.15) is 20.2 Å². The minimum Gasteiger partial charge on any atom is -0.461 e. The van der Waals surface area contributed by atoms with Gasteiger partial charge in [0.15, 0.2) is 8.24 Å². The molecular formula is C12H23NO3Si2. The summed E-state index contributed by atoms with van der Waals surface area (Å²) >= 11 is 0. The van der Waals surface area contributed by atoms with Crippen LogP contribution in [-0.2, 0) is 14.3 Å². The van der Waals surface area contributed by atoms with Crippen molar-refractivity contribution in [3.05, 3.63) is 12.2 Å². The fraction of sp³-hybridized carbons (Fsp3) is 0.667. The summed E-state index contributed by atoms with van der Waals surface area (Å²) in [5.41, 5.74) is 0.417. The van der Waals surface area contributed by atoms with Crippen molar-refractivity contribution in [2.24, 2.45) is 0 Å². The summed E-state index contributed by atoms with van der Waals surface area (Å²) in [5.74, 6) is -0.348. The molecule has 1 aliphatic rings. The Labute approximate surface area is 111 Å². The van der Waals surface area contributed by atoms with Crippen molar-refractivity contribution in [2.75, 3.05) is 13.2 Å². The smallest absolute Gasteiger partial charge is 0.333 e. The highest BCUT2D eigenvalue weighted by Gasteiger charge is 2.53. The Bertz CT molecular complexity index is 391. The molecule has 0 N–H and O–H groups in total. The van der Waals surface area contributed by atoms with Gasteiger partial charge in [-0.2, -0.15) is 0 Å². The van der Waals surface area contributed by atoms with Gasteiger partial charge in [-0.3, -0.25) is 0 Å². The summed E-state index contributed by atoms with van der Waals surface area (Å²) in [4.78, 5) is 23.4. The van der Waals surface area contributed by atoms with E-state index in [4.69, 9.17) is 4.74 Å². The maximum absolute atomic E-state index is 12.1. The lowest BCUT2D eigenvalue weighted by Crippen LogP contribution is -2.57. The van der Waals surface area contributed by atoms with E-state index < -0.39 is 16.5 Å². The van der Waals surface area contributed by atoms with Gasteiger partial charge in [0.05, 0.1) is 0 Å². The third kappa shape index (κ3) is 2.99. The number of hydrogen-bond acceptors (Lipinski definition) is 4. The van der Waals surface area contributed by atoms with Gasteiger partial charge in [-0.1, -0.05) is 32.8 Å². The van der Waals surface area contributed by atoms with E-state index in [2.05, 4.69) is 37.0 Å². The van der Waals surface area contributed by atoms with Crippen LogP contribution in [0.3, 0.4) is 0 Å². The van der Waals surface area contributed by atoms with Gasteiger partial charge >= 0.3 is 5.97 Å². The minimum atomic E-state index is -1.97. The Morgan fingerprint density at radius 2 is 1.94 bits per heavy atom. The Kier molecular flexibility index (Phi) is 4.35. The quantitative estimate of drug-likeness (QED) is 0.450. The van der Waals surface area contributed by atoms with Crippen LogP contribution in [0.25, 0.3) is 0 Å². The third-order valence-corrected chi connectivity index (χ3v) is 13.4. The standard InChI is InChI=1S/C12H23NO3Si2/c1-10(2)12(15)16-8-7-13-17(3,4)9-11(14)18(13,5)6/h1,7-9H2,2-6H3. The Morgan fingerprint density at radius 1 is 1.39 bits per heavy atom. The zero-order valence-corrected chi connectivity index (χ0v) is 14.0. The highest BCUT2D eigenvalue weighted by Crippen LogP contribution is 2.32. The van der Waals surface area contributed by atoms with Gasteiger partial charge in [0, 0.05) is 18.2 Å². The molecule has 0 aromatic heterocycles. The molecule has 1 rings (SSSR count). The van der Waals surface area contributed by atoms with Crippen molar-refractivity contribution in [3.63, 3.8) is 0 Å². The van der Waals surface area contributed by atoms with Crippen LogP contribution in [0.2, 0.25) is 32.2 Å². The maximum Gasteiger partial charge on any atom is 0.333 e. The molecule has 0 saturated carbocycles. The molecule has 0 radical (unpaired) electrons. The van der Waals surface area contributed by atoms with E-state index in [1.807, 2.05) is 0 Å². The van der Waals surface area contributed by atoms with Crippen molar-refractivity contribution in [3.8, 4) is 0 Å². The van der Waals surface area contributed by atoms with E-state index in [0.717, 1.165) is 6.04 Å². The molecule has 0 amide bonds. The highest BCUT2D eigenvalue weighted by molar-refractivity contribution is 7.15. The summed E-state index contributed by atoms with van der Waals surface area (Å²) in [6.07, 6.45) is 0. The SMILES string of the molecule is C=C(C)C(=O)OCCN1[Si](C)(C)CC(=O)[Si]1(C)C. The Morgan fingerprint density at radius 3 is 2.33 bits per heavy atom. The van der Waals surface area contributed by atoms with Crippen LogP contribution in [0.5, 0.6) is 0 Å². The van der Waals surface area contributed by atoms with Crippen LogP contribution in [0.4, 0.5) is 0 Å². The van der Waals surface area contributed by atoms with E-state index in [1.54, 1.807) is 6.92 Å². The number of esters is 1. The molecule has 0 aromatic carbocycles. The minimum absolute atomic E-state index is 0.348. The third-order valence-electron chi connectivity index (χ3n) is 3.58. The molecule has 1 saturated heterocycles. The molecule has 0 bridgehead atoms. The second-order valence-electron chi connectivity index (χ2n) is 6.04. The number of rotatable bonds is 4. The highest BCUT2D eigenvalue weighted by atomic mass is 28.4. The number of hydrogen-bond donors (Lipinski definition) is 0. The van der Waals surface area contributed by atoms with Crippen LogP contribution in [0.1, 0.15) is 6.92 Å². The molecule has 6 heteroatoms. The van der Waals surface area contributed by atoms with Crippen molar-refractivity contribution < 1.29 is 14.3 Å². The summed E-state index contributed by atoms with van der Waals surface area (Å²) in [5, 5.41) is 0.436. The molecular weight excluding hydrogens is 262 g/mol. The average molecular weight is 285 g/mol. The van der Waals surface area contributed by atoms with Gasteiger partial charge < -0.3 is 13.8 Å². The van der Waals surface area contributed by atoms with Crippen LogP contribution in [-0.4, -0.2) is 45.2 Å². The molecule has 1 aliphatic heterocycles. The van der Waals surface area contributed by atoms with E-state index >= 15 is 0 Å². The monoisotopic (exact) mass is 285 g/mol. The van der Waals surface area contributed by atoms with Gasteiger partial charge in [-0.15, -0.1) is 0 Å². The number of carbonyl (C=O) groups excluding carboxylic acids is 2. The van der Waals surface area contributed by atoms with E-state index in [-0.39, 0.29) is 5.97 Å². The van der Waals surface area contributed by atoms with Gasteiger partial charge in [0.2, 0.25) is 0 Å². The molecule has 102 valence electrons. The van der Waals surface area contributed by atoms with Gasteiger partial charge in [-0.05, 0) is 6.92 Å². The molecule has 4 nitrogen and oxygen atoms in total. The molecule has 18 heavy (non-hydrogen) atoms. The Hall–Kier alpha value is -0.726. The van der Waals surface area contributed by atoms with Gasteiger partial charge in [0.25, 0.3) is 0 Å². The lowest BCUT2D eigenvalue weighted by molar-refractivity contribution is -0.138. The first-order valence-electron chi connectivity index (χ1n) is 6.23. The zero-order chi connectivity index (χ0) is 14.1. The fourth-order valence-corrected chi connectivity index (χ4v) is 14.9. The van der Waals surface area contributed by atoms with Crippen LogP contribution < -0.4 is 0 Å². The topological polar surface area (TPSA) is 46.6 Å². The predicted octanol–water partition coefficient (Wildman–Crippen LogP) is 1.94. The zero-order valence-electron chi connectivity index (χ0n) is 12.0. The van der Waals surface area contributed by atoms with Crippen molar-refractivity contribution in [1.29, 1.82) is 0 Å². The predicted molar refractivity (Wildman–Crippen MR) is 77.3 cm³/mol. The van der Waals surface area contributed by atoms with Crippen LogP contribution in [0, 0.1) is 0 Å². The van der Waals surface area contributed by atoms with Crippen molar-refractivity contribution in [1.82, 2.24) is 4.23 Å². The summed E-state index contributed by atoms with van der Waals surface area (Å²) in [6.45, 7) is 14.8. The first-order chi connectivity index (χ1) is 8.09. The molecule has 0 atom stereocenters. The molecule has 0 unspecified atom stereocenters. The number of carbonyl (C=O) groups is 2. The second kappa shape index (κ2) is 5.10.